The van der Waals surface area contributed by atoms with Crippen molar-refractivity contribution in [3.05, 3.63) is 18.0 Å². The van der Waals surface area contributed by atoms with Crippen LogP contribution in [0.5, 0.6) is 0 Å². The minimum atomic E-state index is -0.873. The molecular weight excluding hydrogens is 228 g/mol. The highest BCUT2D eigenvalue weighted by atomic mass is 16.7. The third-order valence-electron chi connectivity index (χ3n) is 2.22. The molecule has 90 valence electrons. The molecule has 1 aliphatic rings. The first-order valence-electron chi connectivity index (χ1n) is 4.75. The first-order valence-corrected chi connectivity index (χ1v) is 4.75. The fourth-order valence-electron chi connectivity index (χ4n) is 1.47. The zero-order valence-corrected chi connectivity index (χ0v) is 9.21. The van der Waals surface area contributed by atoms with Crippen LogP contribution in [0.2, 0.25) is 0 Å². The number of carbonyl (C=O) groups excluding carboxylic acids is 2. The Morgan fingerprint density at radius 2 is 2.35 bits per heavy atom. The van der Waals surface area contributed by atoms with Crippen molar-refractivity contribution in [3.8, 4) is 0 Å². The van der Waals surface area contributed by atoms with Gasteiger partial charge in [0.15, 0.2) is 0 Å². The Labute approximate surface area is 96.2 Å². The van der Waals surface area contributed by atoms with Gasteiger partial charge in [-0.25, -0.2) is 14.8 Å². The van der Waals surface area contributed by atoms with E-state index in [2.05, 4.69) is 19.9 Å². The number of aromatic amines is 1. The molecule has 1 unspecified atom stereocenters. The van der Waals surface area contributed by atoms with Crippen molar-refractivity contribution in [1.29, 1.82) is 0 Å². The third-order valence-corrected chi connectivity index (χ3v) is 2.22. The lowest BCUT2D eigenvalue weighted by Crippen LogP contribution is -2.39. The van der Waals surface area contributed by atoms with Gasteiger partial charge >= 0.3 is 6.16 Å². The van der Waals surface area contributed by atoms with Gasteiger partial charge in [0, 0.05) is 6.08 Å². The molecule has 1 N–H and O–H groups in total. The van der Waals surface area contributed by atoms with Crippen molar-refractivity contribution in [3.63, 3.8) is 0 Å². The minimum absolute atomic E-state index is 0.206. The fourth-order valence-corrected chi connectivity index (χ4v) is 1.47. The summed E-state index contributed by atoms with van der Waals surface area (Å²) in [7, 11) is 1.19. The number of aromatic nitrogens is 3. The van der Waals surface area contributed by atoms with E-state index in [0.717, 1.165) is 0 Å². The number of nitrogens with one attached hydrogen (secondary N) is 1. The molecule has 1 aromatic heterocycles. The molecule has 0 saturated heterocycles. The molecule has 2 heterocycles. The van der Waals surface area contributed by atoms with E-state index in [0.29, 0.717) is 5.57 Å². The average Bonchev–Trinajstić information content (AvgIpc) is 2.88. The van der Waals surface area contributed by atoms with Crippen molar-refractivity contribution in [1.82, 2.24) is 15.2 Å². The molecule has 1 aliphatic heterocycles. The molecule has 8 nitrogen and oxygen atoms in total. The Hall–Kier alpha value is -2.38. The quantitative estimate of drug-likeness (QED) is 0.739. The van der Waals surface area contributed by atoms with Gasteiger partial charge in [-0.2, -0.15) is 10.1 Å². The topological polar surface area (TPSA) is 97.4 Å². The van der Waals surface area contributed by atoms with Crippen molar-refractivity contribution in [2.75, 3.05) is 12.0 Å². The van der Waals surface area contributed by atoms with Crippen LogP contribution >= 0.6 is 0 Å². The molecule has 0 bridgehead atoms. The molecule has 0 saturated carbocycles. The molecule has 1 amide bonds. The van der Waals surface area contributed by atoms with Gasteiger partial charge < -0.3 is 9.47 Å². The molecule has 17 heavy (non-hydrogen) atoms. The monoisotopic (exact) mass is 238 g/mol. The molecule has 0 aliphatic carbocycles. The summed E-state index contributed by atoms with van der Waals surface area (Å²) in [6, 6.07) is 0. The molecular formula is C9H10N4O4. The van der Waals surface area contributed by atoms with Crippen LogP contribution in [-0.2, 0) is 14.3 Å². The maximum Gasteiger partial charge on any atom is 0.510 e. The summed E-state index contributed by atoms with van der Waals surface area (Å²) in [5.74, 6) is -0.134. The van der Waals surface area contributed by atoms with Crippen LogP contribution < -0.4 is 4.90 Å². The number of hydrogen-bond acceptors (Lipinski definition) is 6. The van der Waals surface area contributed by atoms with Crippen molar-refractivity contribution >= 4 is 18.0 Å². The number of amides is 1. The molecule has 0 aromatic carbocycles. The van der Waals surface area contributed by atoms with Crippen LogP contribution in [0, 0.1) is 0 Å². The average molecular weight is 238 g/mol. The van der Waals surface area contributed by atoms with Gasteiger partial charge in [0.1, 0.15) is 6.33 Å². The maximum atomic E-state index is 11.7. The van der Waals surface area contributed by atoms with Crippen LogP contribution in [0.3, 0.4) is 0 Å². The Morgan fingerprint density at radius 3 is 2.94 bits per heavy atom. The first kappa shape index (κ1) is 11.1. The maximum absolute atomic E-state index is 11.7. The first-order chi connectivity index (χ1) is 8.13. The summed E-state index contributed by atoms with van der Waals surface area (Å²) in [5, 5.41) is 6.16. The summed E-state index contributed by atoms with van der Waals surface area (Å²) >= 11 is 0. The summed E-state index contributed by atoms with van der Waals surface area (Å²) in [4.78, 5) is 27.8. The van der Waals surface area contributed by atoms with Gasteiger partial charge in [-0.05, 0) is 12.5 Å². The lowest BCUT2D eigenvalue weighted by atomic mass is 10.3. The van der Waals surface area contributed by atoms with Gasteiger partial charge in [-0.15, -0.1) is 0 Å². The van der Waals surface area contributed by atoms with Gasteiger partial charge in [0.2, 0.25) is 12.2 Å². The number of ether oxygens (including phenoxy) is 2. The summed E-state index contributed by atoms with van der Waals surface area (Å²) in [5.41, 5.74) is 0.580. The Bertz CT molecular complexity index is 467. The van der Waals surface area contributed by atoms with E-state index in [1.807, 2.05) is 0 Å². The second-order valence-corrected chi connectivity index (χ2v) is 3.33. The SMILES string of the molecule is COC(=O)OC1C(C)=CC(=O)N1c1ncn[nH]1. The van der Waals surface area contributed by atoms with E-state index in [-0.39, 0.29) is 11.9 Å². The number of methoxy groups -OCH3 is 1. The Morgan fingerprint density at radius 1 is 1.59 bits per heavy atom. The predicted molar refractivity (Wildman–Crippen MR) is 54.9 cm³/mol. The minimum Gasteiger partial charge on any atom is -0.438 e. The largest absolute Gasteiger partial charge is 0.510 e. The standard InChI is InChI=1S/C9H10N4O4/c1-5-3-6(14)13(8-10-4-11-12-8)7(5)17-9(15)16-2/h3-4,7H,1-2H3,(H,10,11,12). The Balaban J connectivity index is 2.24. The summed E-state index contributed by atoms with van der Waals surface area (Å²) < 4.78 is 9.36. The van der Waals surface area contributed by atoms with Gasteiger partial charge in [-0.3, -0.25) is 4.79 Å². The summed E-state index contributed by atoms with van der Waals surface area (Å²) in [6.07, 6.45) is 0.881. The van der Waals surface area contributed by atoms with Crippen LogP contribution in [0.25, 0.3) is 0 Å². The van der Waals surface area contributed by atoms with Crippen LogP contribution in [0.1, 0.15) is 6.92 Å². The number of nitrogens with zero attached hydrogens (tertiary/aromatic N) is 3. The van der Waals surface area contributed by atoms with E-state index >= 15 is 0 Å². The normalized spacial score (nSPS) is 19.2. The second kappa shape index (κ2) is 4.24. The zero-order valence-electron chi connectivity index (χ0n) is 9.21. The van der Waals surface area contributed by atoms with E-state index < -0.39 is 12.4 Å². The number of hydrogen-bond donors (Lipinski definition) is 1. The van der Waals surface area contributed by atoms with Crippen molar-refractivity contribution in [2.24, 2.45) is 0 Å². The lowest BCUT2D eigenvalue weighted by molar-refractivity contribution is -0.114. The number of H-pyrrole nitrogens is 1. The van der Waals surface area contributed by atoms with Crippen LogP contribution in [-0.4, -0.2) is 40.6 Å². The third kappa shape index (κ3) is 1.96. The molecule has 0 spiro atoms. The molecule has 1 aromatic rings. The lowest BCUT2D eigenvalue weighted by Gasteiger charge is -2.22. The highest BCUT2D eigenvalue weighted by molar-refractivity contribution is 6.04. The van der Waals surface area contributed by atoms with E-state index in [4.69, 9.17) is 4.74 Å². The molecule has 0 radical (unpaired) electrons. The fraction of sp³-hybridized carbons (Fsp3) is 0.333. The zero-order chi connectivity index (χ0) is 12.4. The Kier molecular flexibility index (Phi) is 2.77. The van der Waals surface area contributed by atoms with Crippen LogP contribution in [0.15, 0.2) is 18.0 Å². The number of anilines is 1. The van der Waals surface area contributed by atoms with Gasteiger partial charge in [0.25, 0.3) is 5.91 Å². The second-order valence-electron chi connectivity index (χ2n) is 3.33. The van der Waals surface area contributed by atoms with E-state index in [1.54, 1.807) is 6.92 Å². The molecule has 8 heteroatoms. The van der Waals surface area contributed by atoms with E-state index in [9.17, 15) is 9.59 Å². The van der Waals surface area contributed by atoms with Crippen molar-refractivity contribution in [2.45, 2.75) is 13.2 Å². The molecule has 1 atom stereocenters. The van der Waals surface area contributed by atoms with Crippen LogP contribution in [0.4, 0.5) is 10.7 Å². The molecule has 0 fully saturated rings. The van der Waals surface area contributed by atoms with Crippen molar-refractivity contribution < 1.29 is 19.1 Å². The highest BCUT2D eigenvalue weighted by Crippen LogP contribution is 2.24. The number of rotatable bonds is 2. The van der Waals surface area contributed by atoms with Gasteiger partial charge in [0.05, 0.1) is 7.11 Å². The predicted octanol–water partition coefficient (Wildman–Crippen LogP) is 0.207. The highest BCUT2D eigenvalue weighted by Gasteiger charge is 2.36. The number of carbonyl (C=O) groups is 2. The smallest absolute Gasteiger partial charge is 0.438 e. The van der Waals surface area contributed by atoms with Gasteiger partial charge in [-0.1, -0.05) is 0 Å². The van der Waals surface area contributed by atoms with E-state index in [1.165, 1.54) is 24.4 Å². The molecule has 2 rings (SSSR count). The summed E-state index contributed by atoms with van der Waals surface area (Å²) in [6.45, 7) is 1.67.